The predicted octanol–water partition coefficient (Wildman–Crippen LogP) is 1.46. The van der Waals surface area contributed by atoms with Crippen molar-refractivity contribution in [2.75, 3.05) is 18.9 Å². The van der Waals surface area contributed by atoms with Crippen LogP contribution in [0.5, 0.6) is 0 Å². The van der Waals surface area contributed by atoms with Gasteiger partial charge in [0.05, 0.1) is 5.75 Å². The van der Waals surface area contributed by atoms with Gasteiger partial charge < -0.3 is 10.4 Å². The maximum absolute atomic E-state index is 11.2. The summed E-state index contributed by atoms with van der Waals surface area (Å²) < 4.78 is 0. The van der Waals surface area contributed by atoms with Crippen molar-refractivity contribution in [1.29, 1.82) is 0 Å². The number of thiophene rings is 1. The summed E-state index contributed by atoms with van der Waals surface area (Å²) in [7, 11) is 0. The molecule has 0 saturated heterocycles. The van der Waals surface area contributed by atoms with E-state index in [4.69, 9.17) is 5.11 Å². The summed E-state index contributed by atoms with van der Waals surface area (Å²) in [4.78, 5) is 12.4. The van der Waals surface area contributed by atoms with Gasteiger partial charge in [-0.3, -0.25) is 4.79 Å². The number of carbonyl (C=O) groups excluding carboxylic acids is 1. The molecule has 1 aromatic rings. The Morgan fingerprint density at radius 2 is 2.47 bits per heavy atom. The molecule has 1 heterocycles. The summed E-state index contributed by atoms with van der Waals surface area (Å²) >= 11 is 3.22. The molecule has 1 amide bonds. The van der Waals surface area contributed by atoms with E-state index in [0.29, 0.717) is 12.3 Å². The zero-order chi connectivity index (χ0) is 12.5. The summed E-state index contributed by atoms with van der Waals surface area (Å²) in [5.41, 5.74) is 0.928. The SMILES string of the molecule is CCNC(=O)CSCc1cc(C#CCO)cs1. The molecule has 0 bridgehead atoms. The lowest BCUT2D eigenvalue weighted by Crippen LogP contribution is -2.24. The number of hydrogen-bond acceptors (Lipinski definition) is 4. The second-order valence-corrected chi connectivity index (χ2v) is 5.19. The summed E-state index contributed by atoms with van der Waals surface area (Å²) in [5, 5.41) is 13.3. The number of carbonyl (C=O) groups is 1. The van der Waals surface area contributed by atoms with Crippen molar-refractivity contribution >= 4 is 29.0 Å². The highest BCUT2D eigenvalue weighted by Crippen LogP contribution is 2.19. The second kappa shape index (κ2) is 8.18. The van der Waals surface area contributed by atoms with Crippen molar-refractivity contribution < 1.29 is 9.90 Å². The fourth-order valence-corrected chi connectivity index (χ4v) is 2.95. The molecule has 0 aromatic carbocycles. The van der Waals surface area contributed by atoms with Crippen molar-refractivity contribution in [1.82, 2.24) is 5.32 Å². The van der Waals surface area contributed by atoms with E-state index in [2.05, 4.69) is 17.2 Å². The Morgan fingerprint density at radius 1 is 1.65 bits per heavy atom. The molecule has 1 aromatic heterocycles. The molecule has 0 aliphatic rings. The lowest BCUT2D eigenvalue weighted by Gasteiger charge is -2.00. The predicted molar refractivity (Wildman–Crippen MR) is 73.1 cm³/mol. The molecular formula is C12H15NO2S2. The van der Waals surface area contributed by atoms with Gasteiger partial charge >= 0.3 is 0 Å². The van der Waals surface area contributed by atoms with Crippen molar-refractivity contribution in [3.05, 3.63) is 21.9 Å². The molecule has 0 aliphatic heterocycles. The number of nitrogens with one attached hydrogen (secondary N) is 1. The van der Waals surface area contributed by atoms with Gasteiger partial charge in [0.2, 0.25) is 5.91 Å². The lowest BCUT2D eigenvalue weighted by molar-refractivity contribution is -0.118. The standard InChI is InChI=1S/C12H15NO2S2/c1-2-13-12(15)9-16-8-11-6-10(7-17-11)4-3-5-14/h6-7,14H,2,5,8-9H2,1H3,(H,13,15). The first-order valence-corrected chi connectivity index (χ1v) is 7.31. The van der Waals surface area contributed by atoms with Crippen molar-refractivity contribution in [2.45, 2.75) is 12.7 Å². The Balaban J connectivity index is 2.32. The molecule has 0 radical (unpaired) electrons. The van der Waals surface area contributed by atoms with Crippen LogP contribution in [0.2, 0.25) is 0 Å². The maximum Gasteiger partial charge on any atom is 0.229 e. The van der Waals surface area contributed by atoms with Crippen molar-refractivity contribution in [3.63, 3.8) is 0 Å². The molecular weight excluding hydrogens is 254 g/mol. The third kappa shape index (κ3) is 5.78. The quantitative estimate of drug-likeness (QED) is 0.796. The minimum Gasteiger partial charge on any atom is -0.384 e. The van der Waals surface area contributed by atoms with E-state index in [0.717, 1.165) is 11.3 Å². The summed E-state index contributed by atoms with van der Waals surface area (Å²) in [6.07, 6.45) is 0. The largest absolute Gasteiger partial charge is 0.384 e. The summed E-state index contributed by atoms with van der Waals surface area (Å²) in [6, 6.07) is 2.00. The first-order valence-electron chi connectivity index (χ1n) is 5.27. The average Bonchev–Trinajstić information content (AvgIpc) is 2.75. The van der Waals surface area contributed by atoms with Crippen LogP contribution in [0.4, 0.5) is 0 Å². The monoisotopic (exact) mass is 269 g/mol. The van der Waals surface area contributed by atoms with E-state index in [9.17, 15) is 4.79 Å². The van der Waals surface area contributed by atoms with Crippen LogP contribution in [-0.2, 0) is 10.5 Å². The van der Waals surface area contributed by atoms with E-state index in [1.807, 2.05) is 18.4 Å². The first kappa shape index (κ1) is 14.1. The van der Waals surface area contributed by atoms with Gasteiger partial charge in [0.15, 0.2) is 0 Å². The Hall–Kier alpha value is -0.960. The summed E-state index contributed by atoms with van der Waals surface area (Å²) in [5.74, 6) is 6.86. The Labute approximate surface area is 110 Å². The zero-order valence-electron chi connectivity index (χ0n) is 9.66. The zero-order valence-corrected chi connectivity index (χ0v) is 11.3. The second-order valence-electron chi connectivity index (χ2n) is 3.21. The number of hydrogen-bond donors (Lipinski definition) is 2. The molecule has 3 nitrogen and oxygen atoms in total. The van der Waals surface area contributed by atoms with Gasteiger partial charge in [0.1, 0.15) is 6.61 Å². The van der Waals surface area contributed by atoms with Crippen LogP contribution in [0.3, 0.4) is 0 Å². The number of amides is 1. The number of rotatable bonds is 5. The molecule has 5 heteroatoms. The smallest absolute Gasteiger partial charge is 0.229 e. The minimum absolute atomic E-state index is 0.0781. The summed E-state index contributed by atoms with van der Waals surface area (Å²) in [6.45, 7) is 2.48. The van der Waals surface area contributed by atoms with Crippen LogP contribution in [0.25, 0.3) is 0 Å². The van der Waals surface area contributed by atoms with E-state index in [1.165, 1.54) is 4.88 Å². The van der Waals surface area contributed by atoms with Gasteiger partial charge in [0, 0.05) is 28.1 Å². The van der Waals surface area contributed by atoms with Crippen molar-refractivity contribution in [2.24, 2.45) is 0 Å². The van der Waals surface area contributed by atoms with E-state index >= 15 is 0 Å². The highest BCUT2D eigenvalue weighted by Gasteiger charge is 2.02. The van der Waals surface area contributed by atoms with Crippen LogP contribution in [0.15, 0.2) is 11.4 Å². The first-order chi connectivity index (χ1) is 8.26. The third-order valence-corrected chi connectivity index (χ3v) is 3.92. The van der Waals surface area contributed by atoms with Gasteiger partial charge in [-0.25, -0.2) is 0 Å². The number of aliphatic hydroxyl groups excluding tert-OH is 1. The van der Waals surface area contributed by atoms with Crippen LogP contribution < -0.4 is 5.32 Å². The van der Waals surface area contributed by atoms with Crippen LogP contribution in [-0.4, -0.2) is 29.9 Å². The number of thioether (sulfide) groups is 1. The molecule has 1 rings (SSSR count). The molecule has 0 unspecified atom stereocenters. The Kier molecular flexibility index (Phi) is 6.78. The fourth-order valence-electron chi connectivity index (χ4n) is 1.16. The fraction of sp³-hybridized carbons (Fsp3) is 0.417. The molecule has 0 aliphatic carbocycles. The molecule has 92 valence electrons. The van der Waals surface area contributed by atoms with E-state index in [-0.39, 0.29) is 12.5 Å². The van der Waals surface area contributed by atoms with Gasteiger partial charge in [0.25, 0.3) is 0 Å². The van der Waals surface area contributed by atoms with Gasteiger partial charge in [-0.1, -0.05) is 11.8 Å². The topological polar surface area (TPSA) is 49.3 Å². The molecule has 0 fully saturated rings. The normalized spacial score (nSPS) is 9.53. The molecule has 0 spiro atoms. The lowest BCUT2D eigenvalue weighted by atomic mass is 10.3. The highest BCUT2D eigenvalue weighted by molar-refractivity contribution is 7.99. The number of aliphatic hydroxyl groups is 1. The molecule has 17 heavy (non-hydrogen) atoms. The average molecular weight is 269 g/mol. The minimum atomic E-state index is -0.114. The Morgan fingerprint density at radius 3 is 3.18 bits per heavy atom. The third-order valence-electron chi connectivity index (χ3n) is 1.82. The highest BCUT2D eigenvalue weighted by atomic mass is 32.2. The molecule has 0 atom stereocenters. The molecule has 2 N–H and O–H groups in total. The van der Waals surface area contributed by atoms with Gasteiger partial charge in [-0.2, -0.15) is 0 Å². The van der Waals surface area contributed by atoms with Crippen LogP contribution in [0, 0.1) is 11.8 Å². The van der Waals surface area contributed by atoms with Gasteiger partial charge in [-0.15, -0.1) is 23.1 Å². The maximum atomic E-state index is 11.2. The molecule has 0 saturated carbocycles. The van der Waals surface area contributed by atoms with E-state index < -0.39 is 0 Å². The van der Waals surface area contributed by atoms with Gasteiger partial charge in [-0.05, 0) is 13.0 Å². The Bertz CT molecular complexity index is 418. The van der Waals surface area contributed by atoms with Crippen LogP contribution in [0.1, 0.15) is 17.4 Å². The van der Waals surface area contributed by atoms with Crippen molar-refractivity contribution in [3.8, 4) is 11.8 Å². The van der Waals surface area contributed by atoms with E-state index in [1.54, 1.807) is 23.1 Å². The van der Waals surface area contributed by atoms with Crippen LogP contribution >= 0.6 is 23.1 Å².